The lowest BCUT2D eigenvalue weighted by atomic mass is 9.96. The van der Waals surface area contributed by atoms with E-state index in [9.17, 15) is 9.59 Å². The van der Waals surface area contributed by atoms with Crippen molar-refractivity contribution < 1.29 is 14.3 Å². The lowest BCUT2D eigenvalue weighted by molar-refractivity contribution is -0.146. The zero-order valence-corrected chi connectivity index (χ0v) is 21.7. The van der Waals surface area contributed by atoms with Crippen molar-refractivity contribution in [3.8, 4) is 0 Å². The van der Waals surface area contributed by atoms with Crippen molar-refractivity contribution in [2.24, 2.45) is 5.92 Å². The summed E-state index contributed by atoms with van der Waals surface area (Å²) >= 11 is 0. The van der Waals surface area contributed by atoms with Crippen LogP contribution in [0.15, 0.2) is 60.8 Å². The molecule has 1 aliphatic rings. The number of hydrogen-bond acceptors (Lipinski definition) is 10. The molecular formula is C28H30N8O3. The van der Waals surface area contributed by atoms with Crippen LogP contribution in [0.5, 0.6) is 0 Å². The van der Waals surface area contributed by atoms with E-state index < -0.39 is 0 Å². The smallest absolute Gasteiger partial charge is 0.308 e. The molecule has 0 aliphatic carbocycles. The van der Waals surface area contributed by atoms with E-state index in [2.05, 4.69) is 37.0 Å². The molecule has 2 aromatic carbocycles. The Morgan fingerprint density at radius 3 is 2.38 bits per heavy atom. The summed E-state index contributed by atoms with van der Waals surface area (Å²) in [5.41, 5.74) is 15.8. The molecule has 11 nitrogen and oxygen atoms in total. The third-order valence-electron chi connectivity index (χ3n) is 6.87. The summed E-state index contributed by atoms with van der Waals surface area (Å²) in [4.78, 5) is 46.0. The van der Waals surface area contributed by atoms with Crippen molar-refractivity contribution in [1.29, 1.82) is 0 Å². The van der Waals surface area contributed by atoms with Crippen LogP contribution in [0.2, 0.25) is 0 Å². The molecule has 0 atom stereocenters. The lowest BCUT2D eigenvalue weighted by Crippen LogP contribution is -2.40. The second-order valence-electron chi connectivity index (χ2n) is 9.48. The van der Waals surface area contributed by atoms with Crippen LogP contribution in [0.4, 0.5) is 17.5 Å². The van der Waals surface area contributed by atoms with Crippen LogP contribution in [0.3, 0.4) is 0 Å². The number of likely N-dealkylation sites (tertiary alicyclic amines) is 1. The second kappa shape index (κ2) is 11.3. The number of nitrogen functional groups attached to an aromatic ring is 2. The van der Waals surface area contributed by atoms with Gasteiger partial charge < -0.3 is 26.0 Å². The number of esters is 1. The van der Waals surface area contributed by atoms with E-state index in [1.807, 2.05) is 42.5 Å². The summed E-state index contributed by atoms with van der Waals surface area (Å²) in [5, 5.41) is 0. The highest BCUT2D eigenvalue weighted by Crippen LogP contribution is 2.24. The van der Waals surface area contributed by atoms with E-state index in [0.717, 1.165) is 11.3 Å². The maximum absolute atomic E-state index is 13.1. The molecule has 2 aromatic heterocycles. The fourth-order valence-corrected chi connectivity index (χ4v) is 4.78. The highest BCUT2D eigenvalue weighted by molar-refractivity contribution is 5.94. The Labute approximate surface area is 225 Å². The topological polar surface area (TPSA) is 153 Å². The Balaban J connectivity index is 1.35. The number of nitrogens with zero attached hydrogens (tertiary/aromatic N) is 6. The number of aromatic nitrogens is 4. The summed E-state index contributed by atoms with van der Waals surface area (Å²) in [5.74, 6) is -0.171. The Kier molecular flexibility index (Phi) is 7.48. The first-order valence-corrected chi connectivity index (χ1v) is 12.7. The number of piperidine rings is 1. The van der Waals surface area contributed by atoms with Crippen molar-refractivity contribution in [2.45, 2.75) is 25.9 Å². The molecule has 200 valence electrons. The van der Waals surface area contributed by atoms with Crippen molar-refractivity contribution >= 4 is 40.5 Å². The number of methoxy groups -OCH3 is 1. The van der Waals surface area contributed by atoms with E-state index in [1.165, 1.54) is 7.11 Å². The summed E-state index contributed by atoms with van der Waals surface area (Å²) in [7, 11) is 1.40. The Morgan fingerprint density at radius 2 is 1.69 bits per heavy atom. The number of carbonyl (C=O) groups is 2. The number of carbonyl (C=O) groups excluding carboxylic acids is 2. The van der Waals surface area contributed by atoms with Crippen LogP contribution in [0.25, 0.3) is 11.2 Å². The van der Waals surface area contributed by atoms with Crippen LogP contribution < -0.4 is 16.4 Å². The SMILES string of the molecule is COC(=O)C1CCN(C(=O)c2ccc(N(Cc3ccccc3)Cc3cnc4nc(N)nc(N)c4n3)cc2)CC1. The van der Waals surface area contributed by atoms with Gasteiger partial charge in [0.25, 0.3) is 5.91 Å². The number of fused-ring (bicyclic) bond motifs is 1. The number of rotatable bonds is 7. The Morgan fingerprint density at radius 1 is 0.974 bits per heavy atom. The number of anilines is 3. The van der Waals surface area contributed by atoms with Crippen LogP contribution in [0, 0.1) is 5.92 Å². The summed E-state index contributed by atoms with van der Waals surface area (Å²) in [6.45, 7) is 2.11. The minimum absolute atomic E-state index is 0.0466. The first-order chi connectivity index (χ1) is 18.9. The van der Waals surface area contributed by atoms with Crippen molar-refractivity contribution in [2.75, 3.05) is 36.6 Å². The van der Waals surface area contributed by atoms with Crippen LogP contribution in [0.1, 0.15) is 34.5 Å². The summed E-state index contributed by atoms with van der Waals surface area (Å²) < 4.78 is 4.85. The Hall–Kier alpha value is -4.80. The highest BCUT2D eigenvalue weighted by Gasteiger charge is 2.28. The summed E-state index contributed by atoms with van der Waals surface area (Å²) in [6.07, 6.45) is 2.87. The van der Waals surface area contributed by atoms with Crippen LogP contribution in [-0.4, -0.2) is 56.9 Å². The predicted molar refractivity (Wildman–Crippen MR) is 147 cm³/mol. The quantitative estimate of drug-likeness (QED) is 0.344. The predicted octanol–water partition coefficient (Wildman–Crippen LogP) is 2.82. The zero-order chi connectivity index (χ0) is 27.4. The molecule has 1 amide bonds. The molecule has 0 saturated carbocycles. The molecular weight excluding hydrogens is 496 g/mol. The van der Waals surface area contributed by atoms with Gasteiger partial charge in [0.15, 0.2) is 17.0 Å². The van der Waals surface area contributed by atoms with Gasteiger partial charge in [-0.2, -0.15) is 9.97 Å². The van der Waals surface area contributed by atoms with Gasteiger partial charge in [0.05, 0.1) is 31.5 Å². The molecule has 1 aliphatic heterocycles. The molecule has 5 rings (SSSR count). The van der Waals surface area contributed by atoms with E-state index in [0.29, 0.717) is 61.4 Å². The molecule has 0 spiro atoms. The van der Waals surface area contributed by atoms with E-state index in [-0.39, 0.29) is 29.6 Å². The van der Waals surface area contributed by atoms with Gasteiger partial charge in [0, 0.05) is 30.9 Å². The molecule has 11 heteroatoms. The van der Waals surface area contributed by atoms with Gasteiger partial charge in [-0.1, -0.05) is 30.3 Å². The van der Waals surface area contributed by atoms with Gasteiger partial charge in [0.1, 0.15) is 0 Å². The molecule has 0 unspecified atom stereocenters. The van der Waals surface area contributed by atoms with Crippen molar-refractivity contribution in [3.63, 3.8) is 0 Å². The maximum Gasteiger partial charge on any atom is 0.308 e. The zero-order valence-electron chi connectivity index (χ0n) is 21.7. The van der Waals surface area contributed by atoms with Gasteiger partial charge in [-0.25, -0.2) is 9.97 Å². The van der Waals surface area contributed by atoms with Gasteiger partial charge >= 0.3 is 5.97 Å². The van der Waals surface area contributed by atoms with Gasteiger partial charge in [0.2, 0.25) is 5.95 Å². The molecule has 39 heavy (non-hydrogen) atoms. The fraction of sp³-hybridized carbons (Fsp3) is 0.286. The largest absolute Gasteiger partial charge is 0.469 e. The lowest BCUT2D eigenvalue weighted by Gasteiger charge is -2.31. The number of ether oxygens (including phenoxy) is 1. The number of benzene rings is 2. The summed E-state index contributed by atoms with van der Waals surface area (Å²) in [6, 6.07) is 17.6. The first-order valence-electron chi connectivity index (χ1n) is 12.7. The molecule has 1 fully saturated rings. The monoisotopic (exact) mass is 526 g/mol. The molecule has 0 bridgehead atoms. The third kappa shape index (κ3) is 5.87. The van der Waals surface area contributed by atoms with Crippen molar-refractivity contribution in [3.05, 3.63) is 77.6 Å². The molecule has 0 radical (unpaired) electrons. The van der Waals surface area contributed by atoms with Gasteiger partial charge in [-0.05, 0) is 42.7 Å². The van der Waals surface area contributed by atoms with E-state index in [4.69, 9.17) is 16.2 Å². The standard InChI is InChI=1S/C28H30N8O3/c1-39-27(38)20-11-13-35(14-12-20)26(37)19-7-9-22(10-8-19)36(16-18-5-3-2-4-6-18)17-21-15-31-25-23(32-21)24(29)33-28(30)34-25/h2-10,15,20H,11-14,16-17H2,1H3,(H4,29,30,31,33,34). The second-order valence-corrected chi connectivity index (χ2v) is 9.48. The molecule has 4 aromatic rings. The van der Waals surface area contributed by atoms with Gasteiger partial charge in [-0.15, -0.1) is 0 Å². The average molecular weight is 527 g/mol. The normalized spacial score (nSPS) is 13.8. The first kappa shape index (κ1) is 25.8. The minimum atomic E-state index is -0.208. The Bertz CT molecular complexity index is 1470. The molecule has 4 N–H and O–H groups in total. The maximum atomic E-state index is 13.1. The number of nitrogens with two attached hydrogens (primary N) is 2. The van der Waals surface area contributed by atoms with Crippen LogP contribution >= 0.6 is 0 Å². The van der Waals surface area contributed by atoms with E-state index >= 15 is 0 Å². The van der Waals surface area contributed by atoms with Gasteiger partial charge in [-0.3, -0.25) is 9.59 Å². The molecule has 1 saturated heterocycles. The highest BCUT2D eigenvalue weighted by atomic mass is 16.5. The minimum Gasteiger partial charge on any atom is -0.469 e. The fourth-order valence-electron chi connectivity index (χ4n) is 4.78. The van der Waals surface area contributed by atoms with Crippen LogP contribution in [-0.2, 0) is 22.6 Å². The third-order valence-corrected chi connectivity index (χ3v) is 6.87. The molecule has 3 heterocycles. The van der Waals surface area contributed by atoms with Crippen molar-refractivity contribution in [1.82, 2.24) is 24.8 Å². The number of amides is 1. The van der Waals surface area contributed by atoms with E-state index in [1.54, 1.807) is 11.1 Å². The average Bonchev–Trinajstić information content (AvgIpc) is 2.97. The number of hydrogen-bond donors (Lipinski definition) is 2.